The molecule has 0 bridgehead atoms. The van der Waals surface area contributed by atoms with Crippen LogP contribution in [0.2, 0.25) is 0 Å². The number of nitrogens with zero attached hydrogens (tertiary/aromatic N) is 1. The number of halogens is 1. The highest BCUT2D eigenvalue weighted by Crippen LogP contribution is 2.20. The topological polar surface area (TPSA) is 61.8 Å². The monoisotopic (exact) mass is 312 g/mol. The number of aliphatic carboxylic acids is 1. The quantitative estimate of drug-likeness (QED) is 0.614. The van der Waals surface area contributed by atoms with Crippen LogP contribution in [0.1, 0.15) is 25.3 Å². The van der Waals surface area contributed by atoms with Crippen LogP contribution in [0, 0.1) is 5.82 Å². The van der Waals surface area contributed by atoms with Crippen LogP contribution in [-0.2, 0) is 16.1 Å². The lowest BCUT2D eigenvalue weighted by atomic mass is 10.1. The summed E-state index contributed by atoms with van der Waals surface area (Å²) >= 11 is 0. The number of carbonyl (C=O) groups is 1. The number of hydrogen-bond donors (Lipinski definition) is 2. The van der Waals surface area contributed by atoms with Gasteiger partial charge in [0.1, 0.15) is 5.82 Å². The predicted octanol–water partition coefficient (Wildman–Crippen LogP) is 2.25. The summed E-state index contributed by atoms with van der Waals surface area (Å²) in [6.07, 6.45) is 0.913. The van der Waals surface area contributed by atoms with E-state index in [4.69, 9.17) is 9.84 Å². The third kappa shape index (κ3) is 6.87. The van der Waals surface area contributed by atoms with E-state index < -0.39 is 5.97 Å². The maximum absolute atomic E-state index is 13.8. The van der Waals surface area contributed by atoms with Gasteiger partial charge in [0, 0.05) is 33.4 Å². The normalized spacial score (nSPS) is 10.7. The van der Waals surface area contributed by atoms with Crippen LogP contribution < -0.4 is 10.2 Å². The average molecular weight is 312 g/mol. The molecule has 0 aliphatic heterocycles. The Hall–Kier alpha value is -1.66. The summed E-state index contributed by atoms with van der Waals surface area (Å²) in [5.41, 5.74) is 1.39. The van der Waals surface area contributed by atoms with Crippen LogP contribution in [-0.4, -0.2) is 44.4 Å². The van der Waals surface area contributed by atoms with Crippen LogP contribution in [0.5, 0.6) is 0 Å². The minimum absolute atomic E-state index is 0.0180. The molecule has 2 N–H and O–H groups in total. The van der Waals surface area contributed by atoms with Gasteiger partial charge in [-0.2, -0.15) is 0 Å². The third-order valence-electron chi connectivity index (χ3n) is 3.26. The van der Waals surface area contributed by atoms with Gasteiger partial charge in [0.25, 0.3) is 0 Å². The second-order valence-corrected chi connectivity index (χ2v) is 5.08. The molecule has 0 saturated carbocycles. The highest BCUT2D eigenvalue weighted by atomic mass is 19.1. The molecule has 0 aromatic heterocycles. The second-order valence-electron chi connectivity index (χ2n) is 5.08. The lowest BCUT2D eigenvalue weighted by Crippen LogP contribution is -2.22. The van der Waals surface area contributed by atoms with Crippen LogP contribution in [0.4, 0.5) is 10.1 Å². The molecule has 0 fully saturated rings. The second kappa shape index (κ2) is 10.1. The molecule has 5 nitrogen and oxygen atoms in total. The number of anilines is 1. The standard InChI is InChI=1S/C16H25FN2O3/c1-3-22-10-4-8-18-12-13-5-6-14(17)15(11-13)19(2)9-7-16(20)21/h5-6,11,18H,3-4,7-10,12H2,1-2H3,(H,20,21). The number of ether oxygens (including phenoxy) is 1. The van der Waals surface area contributed by atoms with E-state index in [1.54, 1.807) is 24.1 Å². The maximum Gasteiger partial charge on any atom is 0.305 e. The summed E-state index contributed by atoms with van der Waals surface area (Å²) in [6.45, 7) is 5.18. The lowest BCUT2D eigenvalue weighted by Gasteiger charge is -2.20. The number of nitrogens with one attached hydrogen (secondary N) is 1. The molecule has 6 heteroatoms. The Morgan fingerprint density at radius 2 is 2.23 bits per heavy atom. The van der Waals surface area contributed by atoms with E-state index in [-0.39, 0.29) is 18.8 Å². The summed E-state index contributed by atoms with van der Waals surface area (Å²) < 4.78 is 19.1. The van der Waals surface area contributed by atoms with Gasteiger partial charge in [0.2, 0.25) is 0 Å². The molecule has 0 radical (unpaired) electrons. The lowest BCUT2D eigenvalue weighted by molar-refractivity contribution is -0.136. The first-order valence-corrected chi connectivity index (χ1v) is 7.54. The van der Waals surface area contributed by atoms with Gasteiger partial charge in [-0.1, -0.05) is 6.07 Å². The van der Waals surface area contributed by atoms with E-state index >= 15 is 0 Å². The minimum atomic E-state index is -0.889. The predicted molar refractivity (Wildman–Crippen MR) is 84.7 cm³/mol. The molecule has 0 atom stereocenters. The average Bonchev–Trinajstić information content (AvgIpc) is 2.49. The van der Waals surface area contributed by atoms with Crippen molar-refractivity contribution >= 4 is 11.7 Å². The van der Waals surface area contributed by atoms with Crippen molar-refractivity contribution in [1.82, 2.24) is 5.32 Å². The Labute approximate surface area is 131 Å². The fourth-order valence-corrected chi connectivity index (χ4v) is 2.02. The first-order chi connectivity index (χ1) is 10.5. The molecule has 0 spiro atoms. The van der Waals surface area contributed by atoms with Gasteiger partial charge in [0.15, 0.2) is 0 Å². The Bertz CT molecular complexity index is 469. The van der Waals surface area contributed by atoms with E-state index in [1.165, 1.54) is 6.07 Å². The van der Waals surface area contributed by atoms with Gasteiger partial charge in [0.05, 0.1) is 12.1 Å². The third-order valence-corrected chi connectivity index (χ3v) is 3.26. The van der Waals surface area contributed by atoms with Crippen molar-refractivity contribution in [2.75, 3.05) is 38.3 Å². The van der Waals surface area contributed by atoms with E-state index in [0.29, 0.717) is 12.2 Å². The van der Waals surface area contributed by atoms with Crippen molar-refractivity contribution in [2.24, 2.45) is 0 Å². The molecule has 0 heterocycles. The molecular formula is C16H25FN2O3. The number of hydrogen-bond acceptors (Lipinski definition) is 4. The molecule has 0 aliphatic carbocycles. The minimum Gasteiger partial charge on any atom is -0.481 e. The molecule has 1 rings (SSSR count). The van der Waals surface area contributed by atoms with Crippen LogP contribution in [0.25, 0.3) is 0 Å². The van der Waals surface area contributed by atoms with Gasteiger partial charge in [-0.05, 0) is 37.6 Å². The first-order valence-electron chi connectivity index (χ1n) is 7.54. The largest absolute Gasteiger partial charge is 0.481 e. The van der Waals surface area contributed by atoms with Gasteiger partial charge in [-0.15, -0.1) is 0 Å². The molecule has 0 amide bonds. The fourth-order valence-electron chi connectivity index (χ4n) is 2.02. The van der Waals surface area contributed by atoms with Gasteiger partial charge >= 0.3 is 5.97 Å². The van der Waals surface area contributed by atoms with Crippen LogP contribution >= 0.6 is 0 Å². The zero-order valence-corrected chi connectivity index (χ0v) is 13.3. The van der Waals surface area contributed by atoms with Crippen molar-refractivity contribution in [2.45, 2.75) is 26.3 Å². The van der Waals surface area contributed by atoms with Gasteiger partial charge in [-0.3, -0.25) is 4.79 Å². The Morgan fingerprint density at radius 1 is 1.45 bits per heavy atom. The van der Waals surface area contributed by atoms with E-state index in [9.17, 15) is 9.18 Å². The fraction of sp³-hybridized carbons (Fsp3) is 0.562. The Balaban J connectivity index is 2.48. The van der Waals surface area contributed by atoms with Crippen LogP contribution in [0.15, 0.2) is 18.2 Å². The smallest absolute Gasteiger partial charge is 0.305 e. The Morgan fingerprint density at radius 3 is 2.91 bits per heavy atom. The first kappa shape index (κ1) is 18.4. The van der Waals surface area contributed by atoms with E-state index in [0.717, 1.165) is 31.7 Å². The van der Waals surface area contributed by atoms with Crippen molar-refractivity contribution < 1.29 is 19.0 Å². The van der Waals surface area contributed by atoms with Crippen molar-refractivity contribution in [3.8, 4) is 0 Å². The molecule has 0 aliphatic rings. The van der Waals surface area contributed by atoms with Crippen molar-refractivity contribution in [3.05, 3.63) is 29.6 Å². The zero-order valence-electron chi connectivity index (χ0n) is 13.3. The van der Waals surface area contributed by atoms with Crippen molar-refractivity contribution in [1.29, 1.82) is 0 Å². The van der Waals surface area contributed by atoms with Gasteiger partial charge in [-0.25, -0.2) is 4.39 Å². The SMILES string of the molecule is CCOCCCNCc1ccc(F)c(N(C)CCC(=O)O)c1. The molecule has 0 saturated heterocycles. The van der Waals surface area contributed by atoms with Crippen molar-refractivity contribution in [3.63, 3.8) is 0 Å². The summed E-state index contributed by atoms with van der Waals surface area (Å²) in [5.74, 6) is -1.23. The number of carboxylic acid groups (broad SMARTS) is 1. The molecule has 0 unspecified atom stereocenters. The van der Waals surface area contributed by atoms with E-state index in [1.807, 2.05) is 6.92 Å². The molecule has 22 heavy (non-hydrogen) atoms. The summed E-state index contributed by atoms with van der Waals surface area (Å²) in [5, 5.41) is 12.0. The zero-order chi connectivity index (χ0) is 16.4. The number of benzene rings is 1. The molecular weight excluding hydrogens is 287 g/mol. The highest BCUT2D eigenvalue weighted by molar-refractivity contribution is 5.67. The number of rotatable bonds is 11. The summed E-state index contributed by atoms with van der Waals surface area (Å²) in [4.78, 5) is 12.2. The molecule has 1 aromatic carbocycles. The highest BCUT2D eigenvalue weighted by Gasteiger charge is 2.10. The number of carboxylic acids is 1. The summed E-state index contributed by atoms with van der Waals surface area (Å²) in [6, 6.07) is 4.91. The van der Waals surface area contributed by atoms with Gasteiger partial charge < -0.3 is 20.1 Å². The Kier molecular flexibility index (Phi) is 8.47. The maximum atomic E-state index is 13.8. The summed E-state index contributed by atoms with van der Waals surface area (Å²) in [7, 11) is 1.70. The van der Waals surface area contributed by atoms with Crippen LogP contribution in [0.3, 0.4) is 0 Å². The van der Waals surface area contributed by atoms with E-state index in [2.05, 4.69) is 5.32 Å². The molecule has 1 aromatic rings. The molecule has 124 valence electrons.